The second-order valence-electron chi connectivity index (χ2n) is 3.28. The predicted octanol–water partition coefficient (Wildman–Crippen LogP) is 2.43. The van der Waals surface area contributed by atoms with E-state index in [1.54, 1.807) is 19.2 Å². The van der Waals surface area contributed by atoms with E-state index in [0.29, 0.717) is 16.9 Å². The van der Waals surface area contributed by atoms with Gasteiger partial charge in [-0.3, -0.25) is 0 Å². The Balaban J connectivity index is 2.13. The highest BCUT2D eigenvalue weighted by atomic mass is 79.9. The quantitative estimate of drug-likeness (QED) is 0.908. The number of hydrogen-bond acceptors (Lipinski definition) is 5. The summed E-state index contributed by atoms with van der Waals surface area (Å²) in [4.78, 5) is 0. The minimum Gasteiger partial charge on any atom is -0.406 e. The smallest absolute Gasteiger partial charge is 0.320 e. The van der Waals surface area contributed by atoms with Crippen molar-refractivity contribution < 1.29 is 8.81 Å². The second kappa shape index (κ2) is 5.24. The van der Waals surface area contributed by atoms with Gasteiger partial charge in [-0.15, -0.1) is 5.10 Å². The molecule has 1 heterocycles. The Labute approximate surface area is 106 Å². The van der Waals surface area contributed by atoms with E-state index >= 15 is 0 Å². The van der Waals surface area contributed by atoms with Crippen LogP contribution in [0.4, 0.5) is 16.1 Å². The Bertz CT molecular complexity index is 517. The number of hydrogen-bond donors (Lipinski definition) is 2. The fourth-order valence-electron chi connectivity index (χ4n) is 1.23. The Kier molecular flexibility index (Phi) is 3.70. The number of nitrogens with one attached hydrogen (secondary N) is 2. The van der Waals surface area contributed by atoms with Crippen LogP contribution in [0.2, 0.25) is 0 Å². The van der Waals surface area contributed by atoms with Crippen molar-refractivity contribution in [3.05, 3.63) is 34.4 Å². The number of aromatic nitrogens is 2. The van der Waals surface area contributed by atoms with Gasteiger partial charge in [0.25, 0.3) is 0 Å². The lowest BCUT2D eigenvalue weighted by molar-refractivity contribution is 0.492. The van der Waals surface area contributed by atoms with Crippen molar-refractivity contribution in [2.45, 2.75) is 6.54 Å². The van der Waals surface area contributed by atoms with Crippen molar-refractivity contribution in [1.29, 1.82) is 0 Å². The average molecular weight is 301 g/mol. The average Bonchev–Trinajstić information content (AvgIpc) is 2.71. The van der Waals surface area contributed by atoms with Crippen LogP contribution in [0.5, 0.6) is 0 Å². The highest BCUT2D eigenvalue weighted by molar-refractivity contribution is 9.10. The highest BCUT2D eigenvalue weighted by Gasteiger charge is 2.08. The molecule has 2 N–H and O–H groups in total. The van der Waals surface area contributed by atoms with Crippen molar-refractivity contribution >= 4 is 27.6 Å². The third-order valence-electron chi connectivity index (χ3n) is 1.97. The van der Waals surface area contributed by atoms with E-state index < -0.39 is 5.82 Å². The summed E-state index contributed by atoms with van der Waals surface area (Å²) in [7, 11) is 1.77. The normalized spacial score (nSPS) is 10.5. The molecule has 0 unspecified atom stereocenters. The molecule has 0 saturated carbocycles. The lowest BCUT2D eigenvalue weighted by atomic mass is 10.3. The first kappa shape index (κ1) is 12.0. The first-order valence-electron chi connectivity index (χ1n) is 4.88. The van der Waals surface area contributed by atoms with Crippen LogP contribution < -0.4 is 10.6 Å². The monoisotopic (exact) mass is 300 g/mol. The topological polar surface area (TPSA) is 63.0 Å². The molecule has 2 aromatic rings. The molecule has 17 heavy (non-hydrogen) atoms. The van der Waals surface area contributed by atoms with E-state index in [1.165, 1.54) is 6.07 Å². The minimum atomic E-state index is -0.396. The predicted molar refractivity (Wildman–Crippen MR) is 64.4 cm³/mol. The van der Waals surface area contributed by atoms with Crippen LogP contribution >= 0.6 is 15.9 Å². The van der Waals surface area contributed by atoms with E-state index in [-0.39, 0.29) is 11.7 Å². The molecule has 0 aliphatic carbocycles. The molecular weight excluding hydrogens is 291 g/mol. The molecule has 1 aromatic heterocycles. The van der Waals surface area contributed by atoms with Gasteiger partial charge in [0.2, 0.25) is 5.89 Å². The van der Waals surface area contributed by atoms with E-state index in [4.69, 9.17) is 4.42 Å². The Hall–Kier alpha value is -1.47. The molecule has 0 aliphatic rings. The van der Waals surface area contributed by atoms with Crippen LogP contribution in [0.3, 0.4) is 0 Å². The molecule has 0 saturated heterocycles. The molecule has 5 nitrogen and oxygen atoms in total. The zero-order valence-electron chi connectivity index (χ0n) is 9.00. The largest absolute Gasteiger partial charge is 0.406 e. The molecule has 0 spiro atoms. The number of rotatable bonds is 4. The van der Waals surface area contributed by atoms with Gasteiger partial charge in [0.15, 0.2) is 0 Å². The zero-order chi connectivity index (χ0) is 12.3. The van der Waals surface area contributed by atoms with Crippen LogP contribution in [0, 0.1) is 5.82 Å². The first-order valence-corrected chi connectivity index (χ1v) is 5.67. The molecule has 7 heteroatoms. The molecular formula is C10H10BrFN4O. The summed E-state index contributed by atoms with van der Waals surface area (Å²) >= 11 is 3.18. The molecule has 1 aromatic carbocycles. The fraction of sp³-hybridized carbons (Fsp3) is 0.200. The van der Waals surface area contributed by atoms with Gasteiger partial charge in [-0.2, -0.15) is 0 Å². The summed E-state index contributed by atoms with van der Waals surface area (Å²) in [6, 6.07) is 4.82. The molecule has 0 fully saturated rings. The summed E-state index contributed by atoms with van der Waals surface area (Å²) < 4.78 is 19.4. The van der Waals surface area contributed by atoms with E-state index in [1.807, 2.05) is 0 Å². The van der Waals surface area contributed by atoms with Crippen LogP contribution in [-0.2, 0) is 6.54 Å². The lowest BCUT2D eigenvalue weighted by Gasteiger charge is -2.02. The van der Waals surface area contributed by atoms with E-state index in [0.717, 1.165) is 0 Å². The van der Waals surface area contributed by atoms with Crippen molar-refractivity contribution in [2.75, 3.05) is 12.4 Å². The number of nitrogens with zero attached hydrogens (tertiary/aromatic N) is 2. The van der Waals surface area contributed by atoms with Crippen molar-refractivity contribution in [3.63, 3.8) is 0 Å². The van der Waals surface area contributed by atoms with Gasteiger partial charge < -0.3 is 15.1 Å². The molecule has 0 bridgehead atoms. The van der Waals surface area contributed by atoms with Gasteiger partial charge in [0.05, 0.1) is 12.2 Å². The van der Waals surface area contributed by atoms with Gasteiger partial charge in [0.1, 0.15) is 5.82 Å². The molecule has 0 aliphatic heterocycles. The van der Waals surface area contributed by atoms with Crippen LogP contribution in [0.1, 0.15) is 5.89 Å². The summed E-state index contributed by atoms with van der Waals surface area (Å²) in [5, 5.41) is 13.1. The van der Waals surface area contributed by atoms with E-state index in [9.17, 15) is 4.39 Å². The Morgan fingerprint density at radius 1 is 1.41 bits per heavy atom. The summed E-state index contributed by atoms with van der Waals surface area (Å²) in [6.45, 7) is 0.470. The van der Waals surface area contributed by atoms with E-state index in [2.05, 4.69) is 36.8 Å². The molecule has 2 rings (SSSR count). The third kappa shape index (κ3) is 3.01. The summed E-state index contributed by atoms with van der Waals surface area (Å²) in [6.07, 6.45) is 0. The van der Waals surface area contributed by atoms with Crippen molar-refractivity contribution in [3.8, 4) is 0 Å². The maximum absolute atomic E-state index is 13.5. The standard InChI is InChI=1S/C10H10BrFN4O/c1-13-5-9-15-16-10(17-9)14-8-3-2-6(11)4-7(8)12/h2-4,13H,5H2,1H3,(H,14,16). The molecule has 0 amide bonds. The molecule has 0 radical (unpaired) electrons. The van der Waals surface area contributed by atoms with Crippen LogP contribution in [0.15, 0.2) is 27.1 Å². The van der Waals surface area contributed by atoms with Gasteiger partial charge in [0, 0.05) is 4.47 Å². The second-order valence-corrected chi connectivity index (χ2v) is 4.20. The van der Waals surface area contributed by atoms with Crippen LogP contribution in [-0.4, -0.2) is 17.2 Å². The first-order chi connectivity index (χ1) is 8.19. The van der Waals surface area contributed by atoms with Gasteiger partial charge in [-0.1, -0.05) is 21.0 Å². The minimum absolute atomic E-state index is 0.163. The van der Waals surface area contributed by atoms with Gasteiger partial charge >= 0.3 is 6.01 Å². The maximum Gasteiger partial charge on any atom is 0.320 e. The molecule has 0 atom stereocenters. The summed E-state index contributed by atoms with van der Waals surface area (Å²) in [5.41, 5.74) is 0.285. The Morgan fingerprint density at radius 2 is 2.24 bits per heavy atom. The van der Waals surface area contributed by atoms with Crippen molar-refractivity contribution in [2.24, 2.45) is 0 Å². The highest BCUT2D eigenvalue weighted by Crippen LogP contribution is 2.22. The number of benzene rings is 1. The van der Waals surface area contributed by atoms with Gasteiger partial charge in [-0.05, 0) is 25.2 Å². The fourth-order valence-corrected chi connectivity index (χ4v) is 1.57. The third-order valence-corrected chi connectivity index (χ3v) is 2.46. The summed E-state index contributed by atoms with van der Waals surface area (Å²) in [5.74, 6) is 0.0419. The van der Waals surface area contributed by atoms with Crippen LogP contribution in [0.25, 0.3) is 0 Å². The number of anilines is 2. The molecule has 90 valence electrons. The Morgan fingerprint density at radius 3 is 2.94 bits per heavy atom. The SMILES string of the molecule is CNCc1nnc(Nc2ccc(Br)cc2F)o1. The maximum atomic E-state index is 13.5. The number of halogens is 2. The van der Waals surface area contributed by atoms with Gasteiger partial charge in [-0.25, -0.2) is 4.39 Å². The lowest BCUT2D eigenvalue weighted by Crippen LogP contribution is -2.04. The zero-order valence-corrected chi connectivity index (χ0v) is 10.6. The van der Waals surface area contributed by atoms with Crippen molar-refractivity contribution in [1.82, 2.24) is 15.5 Å².